The van der Waals surface area contributed by atoms with Crippen LogP contribution in [0.1, 0.15) is 21.9 Å². The lowest BCUT2D eigenvalue weighted by atomic mass is 10.0. The number of fused-ring (bicyclic) bond motifs is 1. The van der Waals surface area contributed by atoms with Crippen LogP contribution in [0.3, 0.4) is 0 Å². The van der Waals surface area contributed by atoms with E-state index in [1.807, 2.05) is 18.2 Å². The summed E-state index contributed by atoms with van der Waals surface area (Å²) in [5, 5.41) is 0. The second-order valence-electron chi connectivity index (χ2n) is 7.04. The van der Waals surface area contributed by atoms with Crippen LogP contribution in [0.2, 0.25) is 0 Å². The lowest BCUT2D eigenvalue weighted by Gasteiger charge is -2.43. The quantitative estimate of drug-likeness (QED) is 0.747. The van der Waals surface area contributed by atoms with Gasteiger partial charge in [0, 0.05) is 38.1 Å². The van der Waals surface area contributed by atoms with Crippen LogP contribution < -0.4 is 0 Å². The minimum atomic E-state index is -3.20. The van der Waals surface area contributed by atoms with Gasteiger partial charge in [-0.1, -0.05) is 6.07 Å². The van der Waals surface area contributed by atoms with Crippen molar-refractivity contribution in [2.24, 2.45) is 0 Å². The predicted molar refractivity (Wildman–Crippen MR) is 98.7 cm³/mol. The van der Waals surface area contributed by atoms with Gasteiger partial charge in [-0.05, 0) is 19.1 Å². The van der Waals surface area contributed by atoms with Crippen LogP contribution in [-0.4, -0.2) is 75.8 Å². The van der Waals surface area contributed by atoms with Crippen molar-refractivity contribution in [1.82, 2.24) is 24.8 Å². The molecule has 2 aliphatic rings. The molecular weight excluding hydrogens is 366 g/mol. The van der Waals surface area contributed by atoms with E-state index in [1.165, 1.54) is 6.20 Å². The molecule has 0 spiro atoms. The average molecular weight is 387 g/mol. The number of aromatic nitrogens is 3. The number of amides is 1. The van der Waals surface area contributed by atoms with Crippen molar-refractivity contribution in [2.75, 3.05) is 24.6 Å². The average Bonchev–Trinajstić information content (AvgIpc) is 2.98. The van der Waals surface area contributed by atoms with Gasteiger partial charge in [-0.15, -0.1) is 0 Å². The van der Waals surface area contributed by atoms with Gasteiger partial charge in [0.25, 0.3) is 5.91 Å². The molecule has 2 aromatic heterocycles. The van der Waals surface area contributed by atoms with Crippen LogP contribution in [-0.2, 0) is 16.4 Å². The summed E-state index contributed by atoms with van der Waals surface area (Å²) in [6.07, 6.45) is 4.73. The fraction of sp³-hybridized carbons (Fsp3) is 0.444. The molecule has 4 heterocycles. The summed E-state index contributed by atoms with van der Waals surface area (Å²) in [7, 11) is -3.20. The predicted octanol–water partition coefficient (Wildman–Crippen LogP) is 0.304. The number of sulfone groups is 1. The summed E-state index contributed by atoms with van der Waals surface area (Å²) in [6, 6.07) is 5.10. The molecule has 142 valence electrons. The second-order valence-corrected chi connectivity index (χ2v) is 9.20. The zero-order valence-electron chi connectivity index (χ0n) is 15.0. The van der Waals surface area contributed by atoms with E-state index in [2.05, 4.69) is 19.9 Å². The molecule has 2 aliphatic heterocycles. The molecule has 27 heavy (non-hydrogen) atoms. The summed E-state index contributed by atoms with van der Waals surface area (Å²) in [6.45, 7) is 3.43. The highest BCUT2D eigenvalue weighted by Crippen LogP contribution is 2.28. The molecule has 2 fully saturated rings. The molecule has 9 heteroatoms. The number of piperazine rings is 1. The molecule has 0 N–H and O–H groups in total. The van der Waals surface area contributed by atoms with Gasteiger partial charge in [0.15, 0.2) is 9.84 Å². The monoisotopic (exact) mass is 387 g/mol. The van der Waals surface area contributed by atoms with Gasteiger partial charge in [-0.3, -0.25) is 19.7 Å². The van der Waals surface area contributed by atoms with Crippen molar-refractivity contribution in [3.8, 4) is 0 Å². The van der Waals surface area contributed by atoms with Crippen molar-refractivity contribution >= 4 is 15.7 Å². The molecule has 1 amide bonds. The van der Waals surface area contributed by atoms with Gasteiger partial charge in [-0.25, -0.2) is 13.4 Å². The zero-order valence-corrected chi connectivity index (χ0v) is 15.8. The molecule has 0 aliphatic carbocycles. The maximum atomic E-state index is 12.9. The van der Waals surface area contributed by atoms with Crippen molar-refractivity contribution in [3.63, 3.8) is 0 Å². The second kappa shape index (κ2) is 6.97. The Labute approximate surface area is 158 Å². The smallest absolute Gasteiger partial charge is 0.274 e. The van der Waals surface area contributed by atoms with E-state index in [4.69, 9.17) is 0 Å². The molecule has 0 aromatic carbocycles. The first-order chi connectivity index (χ1) is 12.9. The highest BCUT2D eigenvalue weighted by molar-refractivity contribution is 7.91. The minimum absolute atomic E-state index is 0.0125. The van der Waals surface area contributed by atoms with Crippen LogP contribution in [0.5, 0.6) is 0 Å². The van der Waals surface area contributed by atoms with E-state index >= 15 is 0 Å². The number of aryl methyl sites for hydroxylation is 1. The Morgan fingerprint density at radius 1 is 1.11 bits per heavy atom. The van der Waals surface area contributed by atoms with Crippen LogP contribution in [0, 0.1) is 6.92 Å². The number of pyridine rings is 1. The number of nitrogens with zero attached hydrogens (tertiary/aromatic N) is 5. The van der Waals surface area contributed by atoms with Crippen LogP contribution in [0.25, 0.3) is 0 Å². The van der Waals surface area contributed by atoms with Crippen LogP contribution in [0.15, 0.2) is 36.8 Å². The Balaban J connectivity index is 1.58. The van der Waals surface area contributed by atoms with E-state index < -0.39 is 9.84 Å². The first-order valence-electron chi connectivity index (χ1n) is 8.87. The number of rotatable bonds is 3. The van der Waals surface area contributed by atoms with E-state index in [0.29, 0.717) is 19.6 Å². The van der Waals surface area contributed by atoms with Gasteiger partial charge in [0.05, 0.1) is 35.1 Å². The van der Waals surface area contributed by atoms with E-state index in [9.17, 15) is 13.2 Å². The molecular formula is C18H21N5O3S. The number of carbonyl (C=O) groups is 1. The largest absolute Gasteiger partial charge is 0.330 e. The molecule has 0 bridgehead atoms. The third-order valence-electron chi connectivity index (χ3n) is 5.14. The third-order valence-corrected chi connectivity index (χ3v) is 6.84. The number of hydrogen-bond acceptors (Lipinski definition) is 7. The fourth-order valence-corrected chi connectivity index (χ4v) is 5.83. The first-order valence-corrected chi connectivity index (χ1v) is 10.7. The fourth-order valence-electron chi connectivity index (χ4n) is 3.82. The summed E-state index contributed by atoms with van der Waals surface area (Å²) in [5.41, 5.74) is 1.87. The number of carbonyl (C=O) groups excluding carboxylic acids is 1. The lowest BCUT2D eigenvalue weighted by molar-refractivity contribution is 0.0297. The highest BCUT2D eigenvalue weighted by Gasteiger charge is 2.48. The molecule has 2 atom stereocenters. The maximum absolute atomic E-state index is 12.9. The molecule has 0 saturated carbocycles. The maximum Gasteiger partial charge on any atom is 0.274 e. The summed E-state index contributed by atoms with van der Waals surface area (Å²) in [4.78, 5) is 29.4. The first kappa shape index (κ1) is 18.0. The van der Waals surface area contributed by atoms with E-state index in [1.54, 1.807) is 24.2 Å². The standard InChI is InChI=1S/C18H21N5O3S/c1-13-8-21-15(9-20-13)18(24)23-7-6-22(10-14-4-2-3-5-19-14)16-11-27(25,26)12-17(16)23/h2-5,8-9,16-17H,6-7,10-12H2,1H3/t16-,17+/m1/s1. The van der Waals surface area contributed by atoms with E-state index in [-0.39, 0.29) is 35.2 Å². The molecule has 2 saturated heterocycles. The highest BCUT2D eigenvalue weighted by atomic mass is 32.2. The van der Waals surface area contributed by atoms with Crippen LogP contribution in [0.4, 0.5) is 0 Å². The minimum Gasteiger partial charge on any atom is -0.330 e. The van der Waals surface area contributed by atoms with Gasteiger partial charge in [0.1, 0.15) is 5.69 Å². The topological polar surface area (TPSA) is 96.4 Å². The Morgan fingerprint density at radius 2 is 1.93 bits per heavy atom. The van der Waals surface area contributed by atoms with E-state index in [0.717, 1.165) is 11.4 Å². The van der Waals surface area contributed by atoms with Crippen molar-refractivity contribution in [2.45, 2.75) is 25.6 Å². The van der Waals surface area contributed by atoms with Crippen molar-refractivity contribution in [1.29, 1.82) is 0 Å². The molecule has 0 unspecified atom stereocenters. The van der Waals surface area contributed by atoms with Gasteiger partial charge >= 0.3 is 0 Å². The zero-order chi connectivity index (χ0) is 19.0. The van der Waals surface area contributed by atoms with Crippen molar-refractivity contribution in [3.05, 3.63) is 53.9 Å². The third kappa shape index (κ3) is 3.70. The summed E-state index contributed by atoms with van der Waals surface area (Å²) < 4.78 is 24.7. The summed E-state index contributed by atoms with van der Waals surface area (Å²) in [5.74, 6) is -0.206. The molecule has 2 aromatic rings. The normalized spacial score (nSPS) is 24.6. The number of hydrogen-bond donors (Lipinski definition) is 0. The van der Waals surface area contributed by atoms with Crippen molar-refractivity contribution < 1.29 is 13.2 Å². The lowest BCUT2D eigenvalue weighted by Crippen LogP contribution is -2.60. The van der Waals surface area contributed by atoms with Crippen LogP contribution >= 0.6 is 0 Å². The molecule has 0 radical (unpaired) electrons. The Morgan fingerprint density at radius 3 is 2.63 bits per heavy atom. The molecule has 4 rings (SSSR count). The Kier molecular flexibility index (Phi) is 4.65. The Hall–Kier alpha value is -2.39. The SMILES string of the molecule is Cc1cnc(C(=O)N2CCN(Cc3ccccn3)[C@@H]3CS(=O)(=O)C[C@@H]32)cn1. The summed E-state index contributed by atoms with van der Waals surface area (Å²) >= 11 is 0. The Bertz CT molecular complexity index is 933. The molecule has 8 nitrogen and oxygen atoms in total. The van der Waals surface area contributed by atoms with Gasteiger partial charge in [-0.2, -0.15) is 0 Å². The van der Waals surface area contributed by atoms with Gasteiger partial charge in [0.2, 0.25) is 0 Å². The van der Waals surface area contributed by atoms with Gasteiger partial charge < -0.3 is 4.90 Å².